The van der Waals surface area contributed by atoms with E-state index in [0.29, 0.717) is 5.82 Å². The standard InChI is InChI=1S/C19H15F2N3O/c20-14-9-5-10-15(21)17(14)19(25)22-18-13-8-4-11-16(13)23-24(18)12-6-2-1-3-7-12/h1-3,5-7,9-10H,4,8,11H2,(H,22,25). The Bertz CT molecular complexity index is 931. The molecule has 3 aromatic rings. The average molecular weight is 339 g/mol. The first-order valence-corrected chi connectivity index (χ1v) is 8.06. The van der Waals surface area contributed by atoms with Crippen LogP contribution in [0, 0.1) is 11.6 Å². The van der Waals surface area contributed by atoms with Gasteiger partial charge in [0.2, 0.25) is 0 Å². The molecule has 4 rings (SSSR count). The summed E-state index contributed by atoms with van der Waals surface area (Å²) >= 11 is 0. The number of amides is 1. The normalized spacial score (nSPS) is 12.9. The Kier molecular flexibility index (Phi) is 3.80. The van der Waals surface area contributed by atoms with Crippen molar-refractivity contribution in [2.75, 3.05) is 5.32 Å². The quantitative estimate of drug-likeness (QED) is 0.787. The van der Waals surface area contributed by atoms with E-state index >= 15 is 0 Å². The molecular weight excluding hydrogens is 324 g/mol. The predicted molar refractivity (Wildman–Crippen MR) is 89.9 cm³/mol. The van der Waals surface area contributed by atoms with Crippen LogP contribution in [0.15, 0.2) is 48.5 Å². The Morgan fingerprint density at radius 1 is 1.00 bits per heavy atom. The van der Waals surface area contributed by atoms with Crippen molar-refractivity contribution >= 4 is 11.7 Å². The minimum absolute atomic E-state index is 0.478. The van der Waals surface area contributed by atoms with Crippen molar-refractivity contribution in [1.82, 2.24) is 9.78 Å². The van der Waals surface area contributed by atoms with Crippen molar-refractivity contribution in [1.29, 1.82) is 0 Å². The van der Waals surface area contributed by atoms with Crippen molar-refractivity contribution in [2.45, 2.75) is 19.3 Å². The second kappa shape index (κ2) is 6.12. The van der Waals surface area contributed by atoms with Crippen LogP contribution in [0.3, 0.4) is 0 Å². The summed E-state index contributed by atoms with van der Waals surface area (Å²) in [5, 5.41) is 7.24. The molecule has 0 radical (unpaired) electrons. The maximum absolute atomic E-state index is 13.9. The number of aryl methyl sites for hydroxylation is 1. The van der Waals surface area contributed by atoms with Crippen molar-refractivity contribution in [3.8, 4) is 5.69 Å². The van der Waals surface area contributed by atoms with Gasteiger partial charge in [-0.15, -0.1) is 0 Å². The molecule has 0 spiro atoms. The van der Waals surface area contributed by atoms with E-state index in [1.165, 1.54) is 6.07 Å². The monoisotopic (exact) mass is 339 g/mol. The molecule has 2 aromatic carbocycles. The van der Waals surface area contributed by atoms with Crippen LogP contribution in [0.25, 0.3) is 5.69 Å². The average Bonchev–Trinajstić information content (AvgIpc) is 3.18. The van der Waals surface area contributed by atoms with Gasteiger partial charge in [0.1, 0.15) is 23.0 Å². The molecular formula is C19H15F2N3O. The SMILES string of the molecule is O=C(Nc1c2c(nn1-c1ccccc1)CCC2)c1c(F)cccc1F. The van der Waals surface area contributed by atoms with E-state index in [9.17, 15) is 13.6 Å². The number of rotatable bonds is 3. The van der Waals surface area contributed by atoms with Crippen LogP contribution < -0.4 is 5.32 Å². The van der Waals surface area contributed by atoms with Crippen molar-refractivity contribution in [2.24, 2.45) is 0 Å². The van der Waals surface area contributed by atoms with Gasteiger partial charge in [0.25, 0.3) is 5.91 Å². The second-order valence-corrected chi connectivity index (χ2v) is 5.93. The fourth-order valence-electron chi connectivity index (χ4n) is 3.16. The van der Waals surface area contributed by atoms with Crippen LogP contribution in [-0.2, 0) is 12.8 Å². The topological polar surface area (TPSA) is 46.9 Å². The first kappa shape index (κ1) is 15.5. The van der Waals surface area contributed by atoms with E-state index in [1.54, 1.807) is 4.68 Å². The van der Waals surface area contributed by atoms with Crippen LogP contribution >= 0.6 is 0 Å². The van der Waals surface area contributed by atoms with Gasteiger partial charge >= 0.3 is 0 Å². The number of benzene rings is 2. The largest absolute Gasteiger partial charge is 0.306 e. The summed E-state index contributed by atoms with van der Waals surface area (Å²) in [6.07, 6.45) is 2.55. The summed E-state index contributed by atoms with van der Waals surface area (Å²) < 4.78 is 29.4. The van der Waals surface area contributed by atoms with Gasteiger partial charge in [-0.3, -0.25) is 4.79 Å². The Labute approximate surface area is 143 Å². The molecule has 1 aliphatic rings. The lowest BCUT2D eigenvalue weighted by Crippen LogP contribution is -2.19. The number of aromatic nitrogens is 2. The number of fused-ring (bicyclic) bond motifs is 1. The summed E-state index contributed by atoms with van der Waals surface area (Å²) in [5.41, 5.74) is 2.03. The Morgan fingerprint density at radius 3 is 2.44 bits per heavy atom. The lowest BCUT2D eigenvalue weighted by Gasteiger charge is -2.12. The molecule has 0 aliphatic heterocycles. The third-order valence-electron chi connectivity index (χ3n) is 4.33. The molecule has 0 saturated heterocycles. The highest BCUT2D eigenvalue weighted by molar-refractivity contribution is 6.04. The first-order valence-electron chi connectivity index (χ1n) is 8.06. The zero-order valence-corrected chi connectivity index (χ0v) is 13.3. The minimum atomic E-state index is -0.889. The smallest absolute Gasteiger partial charge is 0.262 e. The summed E-state index contributed by atoms with van der Waals surface area (Å²) in [6, 6.07) is 12.7. The number of hydrogen-bond donors (Lipinski definition) is 1. The lowest BCUT2D eigenvalue weighted by molar-refractivity contribution is 0.101. The fraction of sp³-hybridized carbons (Fsp3) is 0.158. The minimum Gasteiger partial charge on any atom is -0.306 e. The van der Waals surface area contributed by atoms with E-state index in [-0.39, 0.29) is 0 Å². The molecule has 25 heavy (non-hydrogen) atoms. The van der Waals surface area contributed by atoms with E-state index in [2.05, 4.69) is 10.4 Å². The number of halogens is 2. The highest BCUT2D eigenvalue weighted by Crippen LogP contribution is 2.31. The Balaban J connectivity index is 1.77. The van der Waals surface area contributed by atoms with E-state index in [4.69, 9.17) is 0 Å². The second-order valence-electron chi connectivity index (χ2n) is 5.93. The van der Waals surface area contributed by atoms with Gasteiger partial charge in [-0.2, -0.15) is 5.10 Å². The van der Waals surface area contributed by atoms with Gasteiger partial charge in [-0.25, -0.2) is 13.5 Å². The molecule has 4 nitrogen and oxygen atoms in total. The molecule has 1 heterocycles. The number of hydrogen-bond acceptors (Lipinski definition) is 2. The number of para-hydroxylation sites is 1. The first-order chi connectivity index (χ1) is 12.1. The molecule has 126 valence electrons. The van der Waals surface area contributed by atoms with E-state index in [0.717, 1.165) is 48.3 Å². The molecule has 1 amide bonds. The predicted octanol–water partition coefficient (Wildman–Crippen LogP) is 3.89. The highest BCUT2D eigenvalue weighted by atomic mass is 19.1. The number of carbonyl (C=O) groups is 1. The van der Waals surface area contributed by atoms with Gasteiger partial charge in [0.15, 0.2) is 0 Å². The molecule has 1 N–H and O–H groups in total. The highest BCUT2D eigenvalue weighted by Gasteiger charge is 2.26. The molecule has 0 saturated carbocycles. The lowest BCUT2D eigenvalue weighted by atomic mass is 10.1. The van der Waals surface area contributed by atoms with Crippen molar-refractivity contribution < 1.29 is 13.6 Å². The molecule has 0 atom stereocenters. The van der Waals surface area contributed by atoms with Crippen LogP contribution in [-0.4, -0.2) is 15.7 Å². The zero-order chi connectivity index (χ0) is 17.4. The number of anilines is 1. The van der Waals surface area contributed by atoms with Crippen LogP contribution in [0.2, 0.25) is 0 Å². The summed E-state index contributed by atoms with van der Waals surface area (Å²) in [7, 11) is 0. The van der Waals surface area contributed by atoms with Crippen LogP contribution in [0.5, 0.6) is 0 Å². The third kappa shape index (κ3) is 2.69. The van der Waals surface area contributed by atoms with Gasteiger partial charge in [-0.05, 0) is 43.5 Å². The van der Waals surface area contributed by atoms with E-state index < -0.39 is 23.1 Å². The number of nitrogens with zero attached hydrogens (tertiary/aromatic N) is 2. The van der Waals surface area contributed by atoms with Gasteiger partial charge in [0.05, 0.1) is 11.4 Å². The zero-order valence-electron chi connectivity index (χ0n) is 13.3. The Hall–Kier alpha value is -3.02. The van der Waals surface area contributed by atoms with Crippen LogP contribution in [0.4, 0.5) is 14.6 Å². The Morgan fingerprint density at radius 2 is 1.72 bits per heavy atom. The maximum Gasteiger partial charge on any atom is 0.262 e. The van der Waals surface area contributed by atoms with Crippen molar-refractivity contribution in [3.05, 3.63) is 77.0 Å². The summed E-state index contributed by atoms with van der Waals surface area (Å²) in [4.78, 5) is 12.5. The number of carbonyl (C=O) groups excluding carboxylic acids is 1. The molecule has 0 unspecified atom stereocenters. The van der Waals surface area contributed by atoms with Gasteiger partial charge < -0.3 is 5.32 Å². The van der Waals surface area contributed by atoms with E-state index in [1.807, 2.05) is 30.3 Å². The number of nitrogens with one attached hydrogen (secondary N) is 1. The fourth-order valence-corrected chi connectivity index (χ4v) is 3.16. The van der Waals surface area contributed by atoms with Crippen molar-refractivity contribution in [3.63, 3.8) is 0 Å². The van der Waals surface area contributed by atoms with Crippen LogP contribution in [0.1, 0.15) is 28.0 Å². The molecule has 6 heteroatoms. The summed E-state index contributed by atoms with van der Waals surface area (Å²) in [5.74, 6) is -2.12. The van der Waals surface area contributed by atoms with Gasteiger partial charge in [0, 0.05) is 5.56 Å². The molecule has 1 aromatic heterocycles. The molecule has 0 fully saturated rings. The molecule has 1 aliphatic carbocycles. The third-order valence-corrected chi connectivity index (χ3v) is 4.33. The van der Waals surface area contributed by atoms with Gasteiger partial charge in [-0.1, -0.05) is 24.3 Å². The maximum atomic E-state index is 13.9. The summed E-state index contributed by atoms with van der Waals surface area (Å²) in [6.45, 7) is 0. The molecule has 0 bridgehead atoms.